The highest BCUT2D eigenvalue weighted by Gasteiger charge is 2.40. The minimum Gasteiger partial charge on any atom is -0.398 e. The van der Waals surface area contributed by atoms with E-state index in [0.29, 0.717) is 12.2 Å². The average molecular weight is 811 g/mol. The van der Waals surface area contributed by atoms with Crippen LogP contribution in [0.1, 0.15) is 66.8 Å². The predicted molar refractivity (Wildman–Crippen MR) is 263 cm³/mol. The molecule has 0 saturated carbocycles. The van der Waals surface area contributed by atoms with Crippen LogP contribution < -0.4 is 5.73 Å². The third-order valence-electron chi connectivity index (χ3n) is 12.4. The normalized spacial score (nSPS) is 12.2. The smallest absolute Gasteiger partial charge is 0.0701 e. The number of allylic oxidation sites excluding steroid dienone is 1. The highest BCUT2D eigenvalue weighted by molar-refractivity contribution is 6.12. The fourth-order valence-corrected chi connectivity index (χ4v) is 9.38. The molecular weight excluding hydrogens is 761 g/mol. The molecule has 9 aromatic carbocycles. The third-order valence-corrected chi connectivity index (χ3v) is 12.4. The van der Waals surface area contributed by atoms with E-state index in [1.807, 2.05) is 0 Å². The highest BCUT2D eigenvalue weighted by Crippen LogP contribution is 2.47. The van der Waals surface area contributed by atoms with Crippen molar-refractivity contribution in [2.45, 2.75) is 24.3 Å². The zero-order valence-electron chi connectivity index (χ0n) is 35.6. The first kappa shape index (κ1) is 40.6. The first-order chi connectivity index (χ1) is 31.1. The Kier molecular flexibility index (Phi) is 11.9. The van der Waals surface area contributed by atoms with Crippen LogP contribution in [0.3, 0.4) is 0 Å². The van der Waals surface area contributed by atoms with Gasteiger partial charge in [0.1, 0.15) is 0 Å². The second-order valence-electron chi connectivity index (χ2n) is 16.1. The van der Waals surface area contributed by atoms with E-state index in [2.05, 4.69) is 268 Å². The summed E-state index contributed by atoms with van der Waals surface area (Å²) < 4.78 is 0. The quantitative estimate of drug-likeness (QED) is 0.0914. The zero-order valence-corrected chi connectivity index (χ0v) is 35.6. The molecule has 0 amide bonds. The van der Waals surface area contributed by atoms with Gasteiger partial charge in [0.2, 0.25) is 0 Å². The summed E-state index contributed by atoms with van der Waals surface area (Å²) in [7, 11) is 0. The first-order valence-corrected chi connectivity index (χ1v) is 21.7. The lowest BCUT2D eigenvalue weighted by Gasteiger charge is -2.37. The minimum absolute atomic E-state index is 0.510. The highest BCUT2D eigenvalue weighted by atomic mass is 14.7. The molecule has 0 radical (unpaired) electrons. The fraction of sp³-hybridized carbons (Fsp3) is 0.0656. The molecule has 0 aliphatic heterocycles. The summed E-state index contributed by atoms with van der Waals surface area (Å²) >= 11 is 0. The number of hydrogen-bond acceptors (Lipinski definition) is 2. The maximum atomic E-state index is 7.34. The number of rotatable bonds is 13. The fourth-order valence-electron chi connectivity index (χ4n) is 9.38. The van der Waals surface area contributed by atoms with Crippen LogP contribution in [-0.4, -0.2) is 5.71 Å². The summed E-state index contributed by atoms with van der Waals surface area (Å²) in [6, 6.07) is 91.0. The molecule has 2 nitrogen and oxygen atoms in total. The van der Waals surface area contributed by atoms with Crippen molar-refractivity contribution in [3.8, 4) is 0 Å². The molecule has 0 atom stereocenters. The van der Waals surface area contributed by atoms with E-state index in [1.165, 1.54) is 44.5 Å². The summed E-state index contributed by atoms with van der Waals surface area (Å²) in [5.74, 6) is 0. The first-order valence-electron chi connectivity index (χ1n) is 21.7. The van der Waals surface area contributed by atoms with Gasteiger partial charge in [-0.1, -0.05) is 243 Å². The Bertz CT molecular complexity index is 2760. The molecule has 2 heteroatoms. The predicted octanol–water partition coefficient (Wildman–Crippen LogP) is 13.7. The molecule has 0 fully saturated rings. The Labute approximate surface area is 372 Å². The van der Waals surface area contributed by atoms with Crippen LogP contribution in [0.15, 0.2) is 266 Å². The zero-order chi connectivity index (χ0) is 42.9. The number of nitrogens with zero attached hydrogens (tertiary/aromatic N) is 1. The van der Waals surface area contributed by atoms with Crippen LogP contribution in [0, 0.1) is 6.92 Å². The molecule has 0 unspecified atom stereocenters. The lowest BCUT2D eigenvalue weighted by atomic mass is 9.65. The van der Waals surface area contributed by atoms with E-state index in [1.54, 1.807) is 0 Å². The minimum atomic E-state index is -0.611. The molecule has 0 spiro atoms. The van der Waals surface area contributed by atoms with Crippen LogP contribution >= 0.6 is 0 Å². The van der Waals surface area contributed by atoms with E-state index in [-0.39, 0.29) is 0 Å². The molecule has 9 aromatic rings. The van der Waals surface area contributed by atoms with Crippen molar-refractivity contribution in [3.63, 3.8) is 0 Å². The van der Waals surface area contributed by atoms with Gasteiger partial charge >= 0.3 is 0 Å². The molecule has 0 aliphatic carbocycles. The molecule has 0 aromatic heterocycles. The molecule has 0 saturated heterocycles. The van der Waals surface area contributed by atoms with Crippen molar-refractivity contribution in [1.29, 1.82) is 0 Å². The Hall–Kier alpha value is -7.81. The Morgan fingerprint density at radius 3 is 1.08 bits per heavy atom. The van der Waals surface area contributed by atoms with Gasteiger partial charge in [0.15, 0.2) is 0 Å². The molecule has 304 valence electrons. The Morgan fingerprint density at radius 2 is 0.698 bits per heavy atom. The maximum absolute atomic E-state index is 7.34. The van der Waals surface area contributed by atoms with Gasteiger partial charge in [-0.05, 0) is 86.3 Å². The lowest BCUT2D eigenvalue weighted by Crippen LogP contribution is -2.31. The summed E-state index contributed by atoms with van der Waals surface area (Å²) in [6.07, 6.45) is 2.07. The summed E-state index contributed by atoms with van der Waals surface area (Å²) in [6.45, 7) is 2.66. The van der Waals surface area contributed by atoms with E-state index in [9.17, 15) is 0 Å². The Balaban J connectivity index is 1.23. The number of nitrogens with two attached hydrogens (primary N) is 1. The van der Waals surface area contributed by atoms with Gasteiger partial charge in [-0.3, -0.25) is 4.99 Å². The van der Waals surface area contributed by atoms with Gasteiger partial charge in [-0.25, -0.2) is 0 Å². The second-order valence-corrected chi connectivity index (χ2v) is 16.1. The summed E-state index contributed by atoms with van der Waals surface area (Å²) in [4.78, 5) is 5.41. The van der Waals surface area contributed by atoms with E-state index >= 15 is 0 Å². The summed E-state index contributed by atoms with van der Waals surface area (Å²) in [5, 5.41) is 0. The number of aliphatic imine (C=N–C) groups is 1. The largest absolute Gasteiger partial charge is 0.398 e. The van der Waals surface area contributed by atoms with Crippen LogP contribution in [0.4, 0.5) is 0 Å². The monoisotopic (exact) mass is 810 g/mol. The number of hydrogen-bond donors (Lipinski definition) is 1. The van der Waals surface area contributed by atoms with Crippen LogP contribution in [0.25, 0.3) is 5.70 Å². The van der Waals surface area contributed by atoms with Crippen LogP contribution in [0.5, 0.6) is 0 Å². The van der Waals surface area contributed by atoms with E-state index in [0.717, 1.165) is 28.0 Å². The second kappa shape index (κ2) is 18.4. The topological polar surface area (TPSA) is 38.4 Å². The van der Waals surface area contributed by atoms with E-state index in [4.69, 9.17) is 10.7 Å². The number of aryl methyl sites for hydroxylation is 1. The molecule has 0 aliphatic rings. The lowest BCUT2D eigenvalue weighted by molar-refractivity contribution is 0.744. The van der Waals surface area contributed by atoms with Crippen LogP contribution in [0.2, 0.25) is 0 Å². The molecule has 2 N–H and O–H groups in total. The van der Waals surface area contributed by atoms with Crippen molar-refractivity contribution in [3.05, 3.63) is 328 Å². The molecule has 0 bridgehead atoms. The van der Waals surface area contributed by atoms with Crippen molar-refractivity contribution in [2.24, 2.45) is 10.7 Å². The van der Waals surface area contributed by atoms with Crippen molar-refractivity contribution >= 4 is 11.4 Å². The average Bonchev–Trinajstić information content (AvgIpc) is 3.36. The van der Waals surface area contributed by atoms with Gasteiger partial charge in [0.05, 0.1) is 23.1 Å². The van der Waals surface area contributed by atoms with Crippen molar-refractivity contribution in [1.82, 2.24) is 0 Å². The third kappa shape index (κ3) is 7.96. The van der Waals surface area contributed by atoms with Gasteiger partial charge in [-0.15, -0.1) is 0 Å². The number of benzene rings is 9. The molecule has 63 heavy (non-hydrogen) atoms. The van der Waals surface area contributed by atoms with Gasteiger partial charge in [0.25, 0.3) is 0 Å². The van der Waals surface area contributed by atoms with Crippen molar-refractivity contribution < 1.29 is 0 Å². The van der Waals surface area contributed by atoms with Gasteiger partial charge in [-0.2, -0.15) is 0 Å². The maximum Gasteiger partial charge on any atom is 0.0701 e. The SMILES string of the molecule is Cc1ccccc1CN=C(/C=C(\N)c1cccc(C(c2ccccc2)(c2ccccc2)c2ccccc2)c1)c1cccc(C(c2ccccc2)(c2ccccc2)c2ccccc2)c1. The van der Waals surface area contributed by atoms with E-state index < -0.39 is 10.8 Å². The Morgan fingerprint density at radius 1 is 0.381 bits per heavy atom. The van der Waals surface area contributed by atoms with Crippen molar-refractivity contribution in [2.75, 3.05) is 0 Å². The van der Waals surface area contributed by atoms with Gasteiger partial charge in [0, 0.05) is 11.3 Å². The molecular formula is C61H50N2. The molecule has 0 heterocycles. The van der Waals surface area contributed by atoms with Crippen LogP contribution in [-0.2, 0) is 17.4 Å². The standard InChI is InChI=1S/C61H50N2/c1-46-24-20-21-25-49(46)45-63-59(48-27-23-41-57(43-48)61(53-34-14-5-15-35-53,54-36-16-6-17-37-54)55-38-18-7-19-39-55)44-58(62)47-26-22-40-56(42-47)60(50-28-8-2-9-29-50,51-30-10-3-11-31-51)52-32-12-4-13-33-52/h2-44H,45,62H2,1H3/b58-44-,63-59?. The summed E-state index contributed by atoms with van der Waals surface area (Å²) in [5.41, 5.74) is 21.2. The molecule has 9 rings (SSSR count). The van der Waals surface area contributed by atoms with Gasteiger partial charge < -0.3 is 5.73 Å².